The van der Waals surface area contributed by atoms with Gasteiger partial charge in [0.25, 0.3) is 0 Å². The molecule has 5 heteroatoms. The smallest absolute Gasteiger partial charge is 0.344 e. The molecule has 0 spiro atoms. The Labute approximate surface area is 83.3 Å². The van der Waals surface area contributed by atoms with E-state index in [1.165, 1.54) is 0 Å². The van der Waals surface area contributed by atoms with Crippen molar-refractivity contribution >= 4 is 11.7 Å². The average molecular weight is 200 g/mol. The first kappa shape index (κ1) is 11.0. The van der Waals surface area contributed by atoms with Crippen molar-refractivity contribution in [2.75, 3.05) is 26.2 Å². The minimum Gasteiger partial charge on any atom is -0.479 e. The van der Waals surface area contributed by atoms with Gasteiger partial charge in [0.2, 0.25) is 6.61 Å². The summed E-state index contributed by atoms with van der Waals surface area (Å²) in [6, 6.07) is 0. The summed E-state index contributed by atoms with van der Waals surface area (Å²) in [5, 5.41) is 12.1. The molecule has 1 fully saturated rings. The van der Waals surface area contributed by atoms with Gasteiger partial charge in [0.1, 0.15) is 0 Å². The van der Waals surface area contributed by atoms with E-state index in [4.69, 9.17) is 5.11 Å². The number of hydrogen-bond acceptors (Lipinski definition) is 4. The molecule has 1 aliphatic heterocycles. The van der Waals surface area contributed by atoms with Crippen LogP contribution in [0, 0.1) is 0 Å². The molecule has 14 heavy (non-hydrogen) atoms. The fourth-order valence-electron chi connectivity index (χ4n) is 1.40. The lowest BCUT2D eigenvalue weighted by atomic mass is 10.1. The largest absolute Gasteiger partial charge is 0.479 e. The van der Waals surface area contributed by atoms with Gasteiger partial charge >= 0.3 is 5.97 Å². The Morgan fingerprint density at radius 1 is 1.57 bits per heavy atom. The first-order chi connectivity index (χ1) is 6.72. The van der Waals surface area contributed by atoms with Crippen LogP contribution in [0.5, 0.6) is 0 Å². The van der Waals surface area contributed by atoms with Gasteiger partial charge in [0.15, 0.2) is 0 Å². The average Bonchev–Trinajstić information content (AvgIpc) is 2.18. The van der Waals surface area contributed by atoms with Crippen LogP contribution in [-0.2, 0) is 9.63 Å². The zero-order chi connectivity index (χ0) is 10.4. The van der Waals surface area contributed by atoms with Crippen LogP contribution in [0.2, 0.25) is 0 Å². The number of oxime groups is 1. The lowest BCUT2D eigenvalue weighted by molar-refractivity contribution is -0.142. The van der Waals surface area contributed by atoms with Gasteiger partial charge in [-0.25, -0.2) is 4.79 Å². The molecule has 1 rings (SSSR count). The van der Waals surface area contributed by atoms with E-state index >= 15 is 0 Å². The van der Waals surface area contributed by atoms with Crippen LogP contribution in [0.25, 0.3) is 0 Å². The maximum absolute atomic E-state index is 10.1. The number of hydrogen-bond donors (Lipinski definition) is 1. The Balaban J connectivity index is 2.23. The number of likely N-dealkylation sites (tertiary alicyclic amines) is 1. The zero-order valence-corrected chi connectivity index (χ0v) is 8.40. The van der Waals surface area contributed by atoms with Gasteiger partial charge in [-0.15, -0.1) is 0 Å². The third-order valence-corrected chi connectivity index (χ3v) is 2.26. The van der Waals surface area contributed by atoms with Crippen LogP contribution >= 0.6 is 0 Å². The SMILES string of the molecule is CCN1CCC(=NOCC(=O)O)CC1. The number of rotatable bonds is 4. The van der Waals surface area contributed by atoms with Crippen molar-refractivity contribution in [1.29, 1.82) is 0 Å². The second-order valence-electron chi connectivity index (χ2n) is 3.26. The molecule has 0 aromatic rings. The monoisotopic (exact) mass is 200 g/mol. The minimum absolute atomic E-state index is 0.346. The van der Waals surface area contributed by atoms with Crippen LogP contribution in [-0.4, -0.2) is 47.9 Å². The van der Waals surface area contributed by atoms with Crippen molar-refractivity contribution in [3.63, 3.8) is 0 Å². The highest BCUT2D eigenvalue weighted by Crippen LogP contribution is 2.06. The van der Waals surface area contributed by atoms with E-state index in [0.29, 0.717) is 0 Å². The fourth-order valence-corrected chi connectivity index (χ4v) is 1.40. The third kappa shape index (κ3) is 3.74. The van der Waals surface area contributed by atoms with Crippen molar-refractivity contribution in [3.8, 4) is 0 Å². The Bertz CT molecular complexity index is 218. The van der Waals surface area contributed by atoms with Crippen LogP contribution in [0.3, 0.4) is 0 Å². The molecule has 1 N–H and O–H groups in total. The molecule has 0 radical (unpaired) electrons. The van der Waals surface area contributed by atoms with Gasteiger partial charge in [-0.05, 0) is 6.54 Å². The quantitative estimate of drug-likeness (QED) is 0.673. The topological polar surface area (TPSA) is 62.1 Å². The van der Waals surface area contributed by atoms with E-state index in [1.807, 2.05) is 0 Å². The maximum atomic E-state index is 10.1. The Hall–Kier alpha value is -1.10. The van der Waals surface area contributed by atoms with Crippen molar-refractivity contribution in [3.05, 3.63) is 0 Å². The van der Waals surface area contributed by atoms with Gasteiger partial charge in [-0.1, -0.05) is 12.1 Å². The summed E-state index contributed by atoms with van der Waals surface area (Å²) >= 11 is 0. The summed E-state index contributed by atoms with van der Waals surface area (Å²) in [6.45, 7) is 4.82. The summed E-state index contributed by atoms with van der Waals surface area (Å²) in [7, 11) is 0. The molecule has 1 aliphatic rings. The van der Waals surface area contributed by atoms with Crippen LogP contribution in [0.1, 0.15) is 19.8 Å². The first-order valence-corrected chi connectivity index (χ1v) is 4.84. The molecule has 1 heterocycles. The lowest BCUT2D eigenvalue weighted by Crippen LogP contribution is -2.33. The first-order valence-electron chi connectivity index (χ1n) is 4.84. The second-order valence-corrected chi connectivity index (χ2v) is 3.26. The van der Waals surface area contributed by atoms with Crippen molar-refractivity contribution in [1.82, 2.24) is 4.90 Å². The van der Waals surface area contributed by atoms with E-state index in [9.17, 15) is 4.79 Å². The Morgan fingerprint density at radius 3 is 2.71 bits per heavy atom. The highest BCUT2D eigenvalue weighted by Gasteiger charge is 2.13. The van der Waals surface area contributed by atoms with Gasteiger partial charge in [-0.2, -0.15) is 0 Å². The molecular weight excluding hydrogens is 184 g/mol. The number of carboxylic acid groups (broad SMARTS) is 1. The van der Waals surface area contributed by atoms with Gasteiger partial charge in [-0.3, -0.25) is 0 Å². The number of nitrogens with zero attached hydrogens (tertiary/aromatic N) is 2. The molecule has 0 bridgehead atoms. The van der Waals surface area contributed by atoms with E-state index in [1.54, 1.807) is 0 Å². The van der Waals surface area contributed by atoms with Crippen molar-refractivity contribution in [2.45, 2.75) is 19.8 Å². The highest BCUT2D eigenvalue weighted by molar-refractivity contribution is 5.85. The summed E-state index contributed by atoms with van der Waals surface area (Å²) < 4.78 is 0. The summed E-state index contributed by atoms with van der Waals surface area (Å²) in [5.74, 6) is -0.986. The van der Waals surface area contributed by atoms with Crippen molar-refractivity contribution < 1.29 is 14.7 Å². The van der Waals surface area contributed by atoms with Gasteiger partial charge < -0.3 is 14.8 Å². The molecule has 80 valence electrons. The summed E-state index contributed by atoms with van der Waals surface area (Å²) in [6.07, 6.45) is 1.76. The lowest BCUT2D eigenvalue weighted by Gasteiger charge is -2.25. The molecule has 5 nitrogen and oxygen atoms in total. The number of aliphatic carboxylic acids is 1. The van der Waals surface area contributed by atoms with Gasteiger partial charge in [0, 0.05) is 25.9 Å². The molecule has 1 saturated heterocycles. The van der Waals surface area contributed by atoms with E-state index in [2.05, 4.69) is 21.8 Å². The molecular formula is C9H16N2O3. The predicted octanol–water partition coefficient (Wildman–Crippen LogP) is 0.559. The molecule has 0 amide bonds. The predicted molar refractivity (Wildman–Crippen MR) is 52.4 cm³/mol. The highest BCUT2D eigenvalue weighted by atomic mass is 16.6. The molecule has 0 aromatic heterocycles. The molecule has 0 unspecified atom stereocenters. The van der Waals surface area contributed by atoms with Crippen LogP contribution in [0.4, 0.5) is 0 Å². The number of carbonyl (C=O) groups is 1. The zero-order valence-electron chi connectivity index (χ0n) is 8.40. The molecule has 0 saturated carbocycles. The van der Waals surface area contributed by atoms with E-state index < -0.39 is 5.97 Å². The van der Waals surface area contributed by atoms with E-state index in [0.717, 1.165) is 38.2 Å². The maximum Gasteiger partial charge on any atom is 0.344 e. The van der Waals surface area contributed by atoms with Crippen LogP contribution < -0.4 is 0 Å². The second kappa shape index (κ2) is 5.59. The molecule has 0 atom stereocenters. The number of piperidine rings is 1. The molecule has 0 aromatic carbocycles. The minimum atomic E-state index is -0.986. The van der Waals surface area contributed by atoms with Gasteiger partial charge in [0.05, 0.1) is 5.71 Å². The summed E-state index contributed by atoms with van der Waals surface area (Å²) in [4.78, 5) is 17.1. The third-order valence-electron chi connectivity index (χ3n) is 2.26. The summed E-state index contributed by atoms with van der Waals surface area (Å²) in [5.41, 5.74) is 0.968. The van der Waals surface area contributed by atoms with Crippen molar-refractivity contribution in [2.24, 2.45) is 5.16 Å². The van der Waals surface area contributed by atoms with Crippen LogP contribution in [0.15, 0.2) is 5.16 Å². The number of carboxylic acids is 1. The molecule has 0 aliphatic carbocycles. The fraction of sp³-hybridized carbons (Fsp3) is 0.778. The van der Waals surface area contributed by atoms with E-state index in [-0.39, 0.29) is 6.61 Å². The Morgan fingerprint density at radius 2 is 2.21 bits per heavy atom. The normalized spacial score (nSPS) is 17.9. The Kier molecular flexibility index (Phi) is 4.39. The standard InChI is InChI=1S/C9H16N2O3/c1-2-11-5-3-8(4-6-11)10-14-7-9(12)13/h2-7H2,1H3,(H,12,13).